The number of methoxy groups -OCH3 is 2. The Bertz CT molecular complexity index is 1290. The molecule has 3 heterocycles. The summed E-state index contributed by atoms with van der Waals surface area (Å²) in [5.74, 6) is 0.461. The number of fused-ring (bicyclic) bond motifs is 1. The summed E-state index contributed by atoms with van der Waals surface area (Å²) < 4.78 is 10.6. The lowest BCUT2D eigenvalue weighted by atomic mass is 9.88. The molecule has 2 aliphatic heterocycles. The maximum atomic E-state index is 13.1. The molecule has 172 valence electrons. The molecule has 4 amide bonds. The predicted molar refractivity (Wildman–Crippen MR) is 122 cm³/mol. The maximum Gasteiger partial charge on any atom is 0.322 e. The van der Waals surface area contributed by atoms with E-state index in [2.05, 4.69) is 15.6 Å². The Morgan fingerprint density at radius 2 is 1.88 bits per heavy atom. The molecular weight excluding hydrogens is 436 g/mol. The fraction of sp³-hybridized carbons (Fsp3) is 0.200. The van der Waals surface area contributed by atoms with Crippen LogP contribution in [0.5, 0.6) is 5.75 Å². The second-order valence-corrected chi connectivity index (χ2v) is 8.11. The van der Waals surface area contributed by atoms with Crippen LogP contribution >= 0.6 is 0 Å². The van der Waals surface area contributed by atoms with Crippen molar-refractivity contribution in [2.75, 3.05) is 20.8 Å². The highest BCUT2D eigenvalue weighted by atomic mass is 16.5. The van der Waals surface area contributed by atoms with Gasteiger partial charge >= 0.3 is 6.03 Å². The fourth-order valence-corrected chi connectivity index (χ4v) is 4.43. The Hall–Kier alpha value is -4.40. The summed E-state index contributed by atoms with van der Waals surface area (Å²) in [4.78, 5) is 44.2. The Morgan fingerprint density at radius 3 is 2.56 bits per heavy atom. The van der Waals surface area contributed by atoms with Gasteiger partial charge in [0, 0.05) is 23.5 Å². The molecule has 1 aromatic heterocycles. The molecule has 1 fully saturated rings. The first-order chi connectivity index (χ1) is 16.4. The molecule has 5 rings (SSSR count). The molecule has 0 unspecified atom stereocenters. The second-order valence-electron chi connectivity index (χ2n) is 8.11. The number of hydrogen-bond donors (Lipinski definition) is 2. The lowest BCUT2D eigenvalue weighted by molar-refractivity contribution is -0.128. The van der Waals surface area contributed by atoms with Crippen molar-refractivity contribution in [3.8, 4) is 17.0 Å². The molecule has 0 bridgehead atoms. The zero-order valence-corrected chi connectivity index (χ0v) is 18.6. The van der Waals surface area contributed by atoms with Gasteiger partial charge in [0.1, 0.15) is 17.2 Å². The van der Waals surface area contributed by atoms with Crippen LogP contribution < -0.4 is 15.4 Å². The number of amides is 4. The first-order valence-corrected chi connectivity index (χ1v) is 10.7. The average molecular weight is 458 g/mol. The topological polar surface area (TPSA) is 110 Å². The number of nitrogens with zero attached hydrogens (tertiary/aromatic N) is 2. The number of carbonyl (C=O) groups excluding carboxylic acids is 3. The van der Waals surface area contributed by atoms with Crippen LogP contribution in [0, 0.1) is 0 Å². The average Bonchev–Trinajstić information content (AvgIpc) is 3.33. The molecule has 34 heavy (non-hydrogen) atoms. The molecular formula is C25H22N4O5. The van der Waals surface area contributed by atoms with Gasteiger partial charge in [0.05, 0.1) is 20.8 Å². The Labute approximate surface area is 195 Å². The number of ether oxygens (including phenoxy) is 2. The Balaban J connectivity index is 1.49. The van der Waals surface area contributed by atoms with E-state index >= 15 is 0 Å². The van der Waals surface area contributed by atoms with Gasteiger partial charge in [-0.25, -0.2) is 4.79 Å². The van der Waals surface area contributed by atoms with Crippen LogP contribution in [0.3, 0.4) is 0 Å². The molecule has 9 heteroatoms. The first-order valence-electron chi connectivity index (χ1n) is 10.7. The van der Waals surface area contributed by atoms with Crippen LogP contribution in [0.1, 0.15) is 12.0 Å². The summed E-state index contributed by atoms with van der Waals surface area (Å²) in [6.07, 6.45) is 7.51. The highest BCUT2D eigenvalue weighted by molar-refractivity contribution is 6.09. The molecule has 9 nitrogen and oxygen atoms in total. The monoisotopic (exact) mass is 458 g/mol. The van der Waals surface area contributed by atoms with Gasteiger partial charge in [-0.3, -0.25) is 19.9 Å². The van der Waals surface area contributed by atoms with E-state index in [1.807, 2.05) is 12.1 Å². The zero-order chi connectivity index (χ0) is 23.9. The van der Waals surface area contributed by atoms with Crippen LogP contribution in [0.25, 0.3) is 11.3 Å². The molecule has 1 aliphatic carbocycles. The van der Waals surface area contributed by atoms with Crippen molar-refractivity contribution < 1.29 is 23.9 Å². The van der Waals surface area contributed by atoms with Gasteiger partial charge in [0.25, 0.3) is 11.8 Å². The molecule has 0 radical (unpaired) electrons. The van der Waals surface area contributed by atoms with Crippen molar-refractivity contribution in [2.45, 2.75) is 12.0 Å². The Kier molecular flexibility index (Phi) is 5.16. The third-order valence-electron chi connectivity index (χ3n) is 6.19. The number of carbonyl (C=O) groups is 3. The first kappa shape index (κ1) is 21.4. The largest absolute Gasteiger partial charge is 0.497 e. The SMILES string of the molecule is COC1=CCC2=CN(C[C@@]3(c4ccc(-c5ncccc5OC)cc4)NC(=O)NC3=O)C(=O)C2=C1. The van der Waals surface area contributed by atoms with Gasteiger partial charge in [-0.2, -0.15) is 0 Å². The van der Waals surface area contributed by atoms with E-state index in [0.29, 0.717) is 34.8 Å². The number of allylic oxidation sites excluding steroid dienone is 2. The fourth-order valence-electron chi connectivity index (χ4n) is 4.43. The molecule has 0 saturated carbocycles. The standard InChI is InChI=1S/C25H22N4O5/c1-33-18-10-7-16-13-29(22(30)19(16)12-18)14-25(23(31)27-24(32)28-25)17-8-5-15(6-9-17)21-20(34-2)4-3-11-26-21/h3-6,8-13H,7,14H2,1-2H3,(H2,27,28,31,32)/t25-/m0/s1. The smallest absolute Gasteiger partial charge is 0.322 e. The van der Waals surface area contributed by atoms with Gasteiger partial charge < -0.3 is 19.7 Å². The van der Waals surface area contributed by atoms with Crippen LogP contribution in [-0.2, 0) is 19.9 Å². The zero-order valence-electron chi connectivity index (χ0n) is 18.6. The number of benzene rings is 1. The van der Waals surface area contributed by atoms with E-state index in [1.54, 1.807) is 63.0 Å². The van der Waals surface area contributed by atoms with Gasteiger partial charge in [0.2, 0.25) is 0 Å². The number of aromatic nitrogens is 1. The lowest BCUT2D eigenvalue weighted by Gasteiger charge is -2.30. The van der Waals surface area contributed by atoms with Gasteiger partial charge in [-0.15, -0.1) is 0 Å². The number of hydrogen-bond acceptors (Lipinski definition) is 6. The van der Waals surface area contributed by atoms with Crippen LogP contribution in [0.2, 0.25) is 0 Å². The summed E-state index contributed by atoms with van der Waals surface area (Å²) in [5, 5.41) is 5.06. The third-order valence-corrected chi connectivity index (χ3v) is 6.19. The summed E-state index contributed by atoms with van der Waals surface area (Å²) in [7, 11) is 3.12. The summed E-state index contributed by atoms with van der Waals surface area (Å²) in [6, 6.07) is 10.1. The highest BCUT2D eigenvalue weighted by Gasteiger charge is 2.50. The van der Waals surface area contributed by atoms with Gasteiger partial charge in [-0.1, -0.05) is 24.3 Å². The summed E-state index contributed by atoms with van der Waals surface area (Å²) in [6.45, 7) is -0.0567. The van der Waals surface area contributed by atoms with E-state index in [-0.39, 0.29) is 12.5 Å². The molecule has 1 saturated heterocycles. The van der Waals surface area contributed by atoms with E-state index in [1.165, 1.54) is 4.90 Å². The summed E-state index contributed by atoms with van der Waals surface area (Å²) >= 11 is 0. The normalized spacial score (nSPS) is 21.3. The predicted octanol–water partition coefficient (Wildman–Crippen LogP) is 2.38. The lowest BCUT2D eigenvalue weighted by Crippen LogP contribution is -2.52. The molecule has 0 spiro atoms. The molecule has 2 aromatic rings. The van der Waals surface area contributed by atoms with Crippen molar-refractivity contribution in [3.05, 3.63) is 83.4 Å². The minimum Gasteiger partial charge on any atom is -0.497 e. The molecule has 2 N–H and O–H groups in total. The minimum absolute atomic E-state index is 0.0567. The highest BCUT2D eigenvalue weighted by Crippen LogP contribution is 2.35. The van der Waals surface area contributed by atoms with E-state index in [4.69, 9.17) is 9.47 Å². The minimum atomic E-state index is -1.44. The van der Waals surface area contributed by atoms with Gasteiger partial charge in [0.15, 0.2) is 5.54 Å². The van der Waals surface area contributed by atoms with Crippen molar-refractivity contribution in [1.29, 1.82) is 0 Å². The maximum absolute atomic E-state index is 13.1. The van der Waals surface area contributed by atoms with E-state index in [9.17, 15) is 14.4 Å². The van der Waals surface area contributed by atoms with E-state index in [0.717, 1.165) is 11.1 Å². The molecule has 1 atom stereocenters. The van der Waals surface area contributed by atoms with Gasteiger partial charge in [-0.05, 0) is 41.8 Å². The van der Waals surface area contributed by atoms with Crippen molar-refractivity contribution in [3.63, 3.8) is 0 Å². The van der Waals surface area contributed by atoms with Crippen molar-refractivity contribution >= 4 is 17.8 Å². The number of urea groups is 1. The van der Waals surface area contributed by atoms with Crippen molar-refractivity contribution in [1.82, 2.24) is 20.5 Å². The molecule has 1 aromatic carbocycles. The number of pyridine rings is 1. The van der Waals surface area contributed by atoms with E-state index < -0.39 is 17.5 Å². The summed E-state index contributed by atoms with van der Waals surface area (Å²) in [5.41, 5.74) is 1.90. The van der Waals surface area contributed by atoms with Crippen LogP contribution in [0.15, 0.2) is 77.9 Å². The van der Waals surface area contributed by atoms with Crippen LogP contribution in [0.4, 0.5) is 4.79 Å². The molecule has 3 aliphatic rings. The number of nitrogens with one attached hydrogen (secondary N) is 2. The van der Waals surface area contributed by atoms with Crippen molar-refractivity contribution in [2.24, 2.45) is 0 Å². The number of imide groups is 1. The van der Waals surface area contributed by atoms with Crippen LogP contribution in [-0.4, -0.2) is 48.5 Å². The third kappa shape index (κ3) is 3.42. The Morgan fingerprint density at radius 1 is 1.09 bits per heavy atom. The number of rotatable bonds is 6. The second kappa shape index (κ2) is 8.18. The quantitative estimate of drug-likeness (QED) is 0.644.